The molecule has 0 aliphatic carbocycles. The fourth-order valence-electron chi connectivity index (χ4n) is 4.84. The van der Waals surface area contributed by atoms with E-state index in [9.17, 15) is 22.8 Å². The number of likely N-dealkylation sites (tertiary alicyclic amines) is 1. The molecule has 0 spiro atoms. The first-order valence-corrected chi connectivity index (χ1v) is 12.4. The summed E-state index contributed by atoms with van der Waals surface area (Å²) >= 11 is 6.32. The van der Waals surface area contributed by atoms with Crippen LogP contribution in [0.25, 0.3) is 0 Å². The van der Waals surface area contributed by atoms with Gasteiger partial charge in [-0.15, -0.1) is 0 Å². The zero-order valence-corrected chi connectivity index (χ0v) is 21.4. The predicted octanol–water partition coefficient (Wildman–Crippen LogP) is 5.36. The van der Waals surface area contributed by atoms with Gasteiger partial charge in [-0.1, -0.05) is 29.8 Å². The Hall–Kier alpha value is -2.98. The van der Waals surface area contributed by atoms with Gasteiger partial charge < -0.3 is 24.2 Å². The lowest BCUT2D eigenvalue weighted by Gasteiger charge is -2.35. The van der Waals surface area contributed by atoms with Crippen LogP contribution in [0.3, 0.4) is 0 Å². The highest BCUT2D eigenvalue weighted by molar-refractivity contribution is 6.34. The number of para-hydroxylation sites is 1. The monoisotopic (exact) mass is 539 g/mol. The zero-order valence-electron chi connectivity index (χ0n) is 20.6. The molecule has 0 saturated carbocycles. The number of benzene rings is 2. The van der Waals surface area contributed by atoms with Gasteiger partial charge in [0.1, 0.15) is 5.75 Å². The average Bonchev–Trinajstić information content (AvgIpc) is 3.26. The van der Waals surface area contributed by atoms with Gasteiger partial charge in [0.15, 0.2) is 6.61 Å². The van der Waals surface area contributed by atoms with Crippen molar-refractivity contribution >= 4 is 29.2 Å². The van der Waals surface area contributed by atoms with Crippen LogP contribution in [0.4, 0.5) is 23.7 Å². The first-order chi connectivity index (χ1) is 17.6. The van der Waals surface area contributed by atoms with Crippen LogP contribution in [0.1, 0.15) is 35.7 Å². The van der Waals surface area contributed by atoms with Crippen molar-refractivity contribution in [2.75, 3.05) is 38.3 Å². The largest absolute Gasteiger partial charge is 0.484 e. The smallest absolute Gasteiger partial charge is 0.422 e. The van der Waals surface area contributed by atoms with Crippen LogP contribution in [-0.4, -0.2) is 73.4 Å². The first-order valence-electron chi connectivity index (χ1n) is 12.0. The van der Waals surface area contributed by atoms with E-state index < -0.39 is 18.7 Å². The number of anilines is 1. The van der Waals surface area contributed by atoms with Gasteiger partial charge in [-0.3, -0.25) is 4.79 Å². The van der Waals surface area contributed by atoms with Gasteiger partial charge in [-0.2, -0.15) is 13.2 Å². The number of ether oxygens (including phenoxy) is 2. The molecule has 0 bridgehead atoms. The topological polar surface area (TPSA) is 62.3 Å². The number of carbonyl (C=O) groups excluding carboxylic acids is 2. The zero-order chi connectivity index (χ0) is 26.7. The standard InChI is InChI=1S/C26H29ClF3N3O4/c1-17-13-33(24(34)21-10-9-20(12-22(21)27)37-16-26(28,29)30)23-8-4-3-6-18(23)14-32(17)25(35)31-11-5-7-19(31)15-36-2/h3-4,6,8-10,12,17,19H,5,7,11,13-16H2,1-2H3/t17-,19-/m1/s1. The molecule has 2 aliphatic rings. The number of rotatable bonds is 5. The summed E-state index contributed by atoms with van der Waals surface area (Å²) in [7, 11) is 1.62. The Bertz CT molecular complexity index is 1150. The van der Waals surface area contributed by atoms with Gasteiger partial charge in [0.25, 0.3) is 5.91 Å². The van der Waals surface area contributed by atoms with Gasteiger partial charge in [-0.25, -0.2) is 4.79 Å². The molecule has 37 heavy (non-hydrogen) atoms. The van der Waals surface area contributed by atoms with Crippen molar-refractivity contribution in [3.8, 4) is 5.75 Å². The predicted molar refractivity (Wildman–Crippen MR) is 133 cm³/mol. The molecule has 7 nitrogen and oxygen atoms in total. The Kier molecular flexibility index (Phi) is 8.18. The van der Waals surface area contributed by atoms with E-state index in [1.807, 2.05) is 36.1 Å². The minimum atomic E-state index is -4.49. The minimum absolute atomic E-state index is 0.0119. The summed E-state index contributed by atoms with van der Waals surface area (Å²) in [5, 5.41) is -0.0218. The van der Waals surface area contributed by atoms with Crippen molar-refractivity contribution in [3.05, 3.63) is 58.6 Å². The second kappa shape index (κ2) is 11.2. The molecular weight excluding hydrogens is 511 g/mol. The van der Waals surface area contributed by atoms with Crippen LogP contribution in [0.15, 0.2) is 42.5 Å². The summed E-state index contributed by atoms with van der Waals surface area (Å²) < 4.78 is 47.6. The van der Waals surface area contributed by atoms with E-state index >= 15 is 0 Å². The first kappa shape index (κ1) is 27.1. The van der Waals surface area contributed by atoms with Crippen molar-refractivity contribution in [2.24, 2.45) is 0 Å². The molecule has 0 radical (unpaired) electrons. The van der Waals surface area contributed by atoms with Crippen LogP contribution in [0.2, 0.25) is 5.02 Å². The fourth-order valence-corrected chi connectivity index (χ4v) is 5.10. The number of fused-ring (bicyclic) bond motifs is 1. The number of halogens is 4. The molecule has 1 fully saturated rings. The van der Waals surface area contributed by atoms with Gasteiger partial charge in [0, 0.05) is 38.5 Å². The van der Waals surface area contributed by atoms with Gasteiger partial charge >= 0.3 is 12.2 Å². The molecule has 2 heterocycles. The van der Waals surface area contributed by atoms with Gasteiger partial charge in [0.2, 0.25) is 0 Å². The Morgan fingerprint density at radius 2 is 1.89 bits per heavy atom. The lowest BCUT2D eigenvalue weighted by atomic mass is 10.1. The van der Waals surface area contributed by atoms with Gasteiger partial charge in [-0.05, 0) is 49.6 Å². The van der Waals surface area contributed by atoms with E-state index in [1.165, 1.54) is 18.2 Å². The highest BCUT2D eigenvalue weighted by Gasteiger charge is 2.37. The Balaban J connectivity index is 1.59. The molecule has 0 aromatic heterocycles. The number of carbonyl (C=O) groups is 2. The summed E-state index contributed by atoms with van der Waals surface area (Å²) in [4.78, 5) is 32.5. The second-order valence-corrected chi connectivity index (χ2v) is 9.70. The van der Waals surface area contributed by atoms with Crippen LogP contribution in [-0.2, 0) is 11.3 Å². The van der Waals surface area contributed by atoms with Gasteiger partial charge in [0.05, 0.1) is 23.2 Å². The number of methoxy groups -OCH3 is 1. The average molecular weight is 540 g/mol. The molecule has 2 aromatic rings. The third-order valence-electron chi connectivity index (χ3n) is 6.65. The Labute approximate surface area is 218 Å². The van der Waals surface area contributed by atoms with Crippen molar-refractivity contribution in [1.82, 2.24) is 9.80 Å². The van der Waals surface area contributed by atoms with E-state index in [0.29, 0.717) is 25.4 Å². The van der Waals surface area contributed by atoms with Crippen molar-refractivity contribution < 1.29 is 32.2 Å². The normalized spacial score (nSPS) is 20.0. The number of hydrogen-bond acceptors (Lipinski definition) is 4. The summed E-state index contributed by atoms with van der Waals surface area (Å²) in [6.45, 7) is 2.09. The molecule has 2 atom stereocenters. The third kappa shape index (κ3) is 6.13. The highest BCUT2D eigenvalue weighted by Crippen LogP contribution is 2.33. The molecule has 2 aromatic carbocycles. The quantitative estimate of drug-likeness (QED) is 0.513. The van der Waals surface area contributed by atoms with Crippen LogP contribution >= 0.6 is 11.6 Å². The summed E-state index contributed by atoms with van der Waals surface area (Å²) in [5.41, 5.74) is 1.58. The fraction of sp³-hybridized carbons (Fsp3) is 0.462. The number of nitrogens with zero attached hydrogens (tertiary/aromatic N) is 3. The lowest BCUT2D eigenvalue weighted by molar-refractivity contribution is -0.153. The molecular formula is C26H29ClF3N3O4. The van der Waals surface area contributed by atoms with E-state index in [2.05, 4.69) is 0 Å². The molecule has 11 heteroatoms. The summed E-state index contributed by atoms with van der Waals surface area (Å²) in [6, 6.07) is 10.8. The molecule has 200 valence electrons. The molecule has 3 amide bonds. The van der Waals surface area contributed by atoms with E-state index in [1.54, 1.807) is 16.9 Å². The molecule has 4 rings (SSSR count). The maximum absolute atomic E-state index is 13.7. The number of urea groups is 1. The number of hydrogen-bond donors (Lipinski definition) is 0. The Morgan fingerprint density at radius 1 is 1.14 bits per heavy atom. The number of amides is 3. The lowest BCUT2D eigenvalue weighted by Crippen LogP contribution is -2.51. The molecule has 0 unspecified atom stereocenters. The van der Waals surface area contributed by atoms with Crippen molar-refractivity contribution in [3.63, 3.8) is 0 Å². The molecule has 0 N–H and O–H groups in total. The maximum atomic E-state index is 13.7. The van der Waals surface area contributed by atoms with E-state index in [0.717, 1.165) is 18.4 Å². The summed E-state index contributed by atoms with van der Waals surface area (Å²) in [5.74, 6) is -0.504. The van der Waals surface area contributed by atoms with Crippen LogP contribution < -0.4 is 9.64 Å². The number of alkyl halides is 3. The SMILES string of the molecule is COC[C@H]1CCCN1C(=O)N1Cc2ccccc2N(C(=O)c2ccc(OCC(F)(F)F)cc2Cl)C[C@H]1C. The van der Waals surface area contributed by atoms with Crippen molar-refractivity contribution in [1.29, 1.82) is 0 Å². The van der Waals surface area contributed by atoms with E-state index in [4.69, 9.17) is 21.1 Å². The minimum Gasteiger partial charge on any atom is -0.484 e. The van der Waals surface area contributed by atoms with Crippen LogP contribution in [0.5, 0.6) is 5.75 Å². The van der Waals surface area contributed by atoms with Crippen molar-refractivity contribution in [2.45, 2.75) is 44.6 Å². The Morgan fingerprint density at radius 3 is 2.59 bits per heavy atom. The maximum Gasteiger partial charge on any atom is 0.422 e. The molecule has 2 aliphatic heterocycles. The van der Waals surface area contributed by atoms with Crippen LogP contribution in [0, 0.1) is 0 Å². The second-order valence-electron chi connectivity index (χ2n) is 9.29. The van der Waals surface area contributed by atoms with E-state index in [-0.39, 0.29) is 41.0 Å². The summed E-state index contributed by atoms with van der Waals surface area (Å²) in [6.07, 6.45) is -2.70. The molecule has 1 saturated heterocycles. The third-order valence-corrected chi connectivity index (χ3v) is 6.96. The highest BCUT2D eigenvalue weighted by atomic mass is 35.5.